The lowest BCUT2D eigenvalue weighted by Gasteiger charge is -2.25. The van der Waals surface area contributed by atoms with Crippen LogP contribution in [0, 0.1) is 13.8 Å². The fraction of sp³-hybridized carbons (Fsp3) is 0.240. The minimum atomic E-state index is -1.12. The van der Waals surface area contributed by atoms with Crippen molar-refractivity contribution in [2.24, 2.45) is 0 Å². The van der Waals surface area contributed by atoms with Gasteiger partial charge in [0.2, 0.25) is 0 Å². The fourth-order valence-corrected chi connectivity index (χ4v) is 3.98. The zero-order valence-corrected chi connectivity index (χ0v) is 16.5. The van der Waals surface area contributed by atoms with E-state index in [1.54, 1.807) is 6.07 Å². The lowest BCUT2D eigenvalue weighted by atomic mass is 9.79. The first kappa shape index (κ1) is 19.7. The number of aryl methyl sites for hydroxylation is 2. The van der Waals surface area contributed by atoms with Crippen molar-refractivity contribution in [1.82, 2.24) is 0 Å². The van der Waals surface area contributed by atoms with Gasteiger partial charge < -0.3 is 10.2 Å². The van der Waals surface area contributed by atoms with E-state index in [0.29, 0.717) is 5.92 Å². The average molecular weight is 374 g/mol. The summed E-state index contributed by atoms with van der Waals surface area (Å²) in [5, 5.41) is 19.4. The topological polar surface area (TPSA) is 57.5 Å². The molecule has 0 radical (unpaired) electrons. The standard InChI is InChI=1S/C25H26O3/c1-16-8-4-6-10-20(16)18(3)14-22(21-11-7-5-9-17(21)2)19-12-13-24(26)23(15-19)25(27)28/h4-13,15,18,22,26H,14H2,1-3H3,(H,27,28). The number of rotatable bonds is 6. The summed E-state index contributed by atoms with van der Waals surface area (Å²) >= 11 is 0. The number of hydrogen-bond donors (Lipinski definition) is 2. The molecule has 144 valence electrons. The molecule has 3 nitrogen and oxygen atoms in total. The highest BCUT2D eigenvalue weighted by Crippen LogP contribution is 2.38. The van der Waals surface area contributed by atoms with Crippen LogP contribution in [0.4, 0.5) is 0 Å². The van der Waals surface area contributed by atoms with Crippen molar-refractivity contribution in [3.8, 4) is 5.75 Å². The molecule has 0 heterocycles. The van der Waals surface area contributed by atoms with E-state index in [2.05, 4.69) is 51.1 Å². The van der Waals surface area contributed by atoms with E-state index < -0.39 is 5.97 Å². The van der Waals surface area contributed by atoms with Gasteiger partial charge in [-0.25, -0.2) is 4.79 Å². The number of carbonyl (C=O) groups is 1. The molecule has 3 rings (SSSR count). The molecule has 2 N–H and O–H groups in total. The van der Waals surface area contributed by atoms with Gasteiger partial charge in [0.1, 0.15) is 11.3 Å². The number of hydrogen-bond acceptors (Lipinski definition) is 2. The summed E-state index contributed by atoms with van der Waals surface area (Å²) in [5.74, 6) is -0.982. The van der Waals surface area contributed by atoms with Gasteiger partial charge in [-0.05, 0) is 66.1 Å². The largest absolute Gasteiger partial charge is 0.507 e. The molecule has 2 unspecified atom stereocenters. The molecule has 2 atom stereocenters. The Kier molecular flexibility index (Phi) is 5.84. The van der Waals surface area contributed by atoms with Crippen LogP contribution in [0.2, 0.25) is 0 Å². The predicted molar refractivity (Wildman–Crippen MR) is 112 cm³/mol. The van der Waals surface area contributed by atoms with Gasteiger partial charge in [0, 0.05) is 5.92 Å². The summed E-state index contributed by atoms with van der Waals surface area (Å²) in [7, 11) is 0. The molecule has 3 aromatic carbocycles. The van der Waals surface area contributed by atoms with E-state index in [1.165, 1.54) is 28.3 Å². The van der Waals surface area contributed by atoms with Crippen molar-refractivity contribution in [2.75, 3.05) is 0 Å². The molecule has 0 bridgehead atoms. The Hall–Kier alpha value is -3.07. The molecule has 3 heteroatoms. The van der Waals surface area contributed by atoms with E-state index in [-0.39, 0.29) is 17.2 Å². The van der Waals surface area contributed by atoms with Gasteiger partial charge in [0.05, 0.1) is 0 Å². The summed E-state index contributed by atoms with van der Waals surface area (Å²) in [6, 6.07) is 21.6. The van der Waals surface area contributed by atoms with Gasteiger partial charge in [-0.3, -0.25) is 0 Å². The third kappa shape index (κ3) is 4.09. The second-order valence-corrected chi connectivity index (χ2v) is 7.48. The second kappa shape index (κ2) is 8.30. The van der Waals surface area contributed by atoms with E-state index in [4.69, 9.17) is 0 Å². The Morgan fingerprint density at radius 2 is 1.46 bits per heavy atom. The first-order valence-corrected chi connectivity index (χ1v) is 9.55. The SMILES string of the molecule is Cc1ccccc1C(C)CC(c1ccc(O)c(C(=O)O)c1)c1ccccc1C. The molecule has 0 spiro atoms. The van der Waals surface area contributed by atoms with E-state index in [1.807, 2.05) is 24.3 Å². The van der Waals surface area contributed by atoms with Crippen LogP contribution >= 0.6 is 0 Å². The lowest BCUT2D eigenvalue weighted by Crippen LogP contribution is -2.10. The highest BCUT2D eigenvalue weighted by atomic mass is 16.4. The number of carboxylic acids is 1. The molecule has 0 amide bonds. The quantitative estimate of drug-likeness (QED) is 0.553. The van der Waals surface area contributed by atoms with Crippen LogP contribution in [0.1, 0.15) is 63.4 Å². The highest BCUT2D eigenvalue weighted by Gasteiger charge is 2.23. The third-order valence-electron chi connectivity index (χ3n) is 5.53. The zero-order valence-electron chi connectivity index (χ0n) is 16.5. The maximum atomic E-state index is 11.5. The summed E-state index contributed by atoms with van der Waals surface area (Å²) in [5.41, 5.74) is 5.78. The first-order valence-electron chi connectivity index (χ1n) is 9.55. The predicted octanol–water partition coefficient (Wildman–Crippen LogP) is 6.03. The van der Waals surface area contributed by atoms with Crippen LogP contribution in [-0.2, 0) is 0 Å². The summed E-state index contributed by atoms with van der Waals surface area (Å²) < 4.78 is 0. The van der Waals surface area contributed by atoms with Crippen LogP contribution in [0.15, 0.2) is 66.7 Å². The van der Waals surface area contributed by atoms with Gasteiger partial charge in [0.15, 0.2) is 0 Å². The Morgan fingerprint density at radius 3 is 2.04 bits per heavy atom. The minimum Gasteiger partial charge on any atom is -0.507 e. The molecule has 0 aliphatic carbocycles. The number of aromatic hydroxyl groups is 1. The Balaban J connectivity index is 2.06. The number of benzene rings is 3. The third-order valence-corrected chi connectivity index (χ3v) is 5.53. The Labute approximate surface area is 166 Å². The van der Waals surface area contributed by atoms with E-state index in [9.17, 15) is 15.0 Å². The lowest BCUT2D eigenvalue weighted by molar-refractivity contribution is 0.0693. The second-order valence-electron chi connectivity index (χ2n) is 7.48. The minimum absolute atomic E-state index is 0.0366. The normalized spacial score (nSPS) is 13.1. The molecule has 0 aliphatic rings. The highest BCUT2D eigenvalue weighted by molar-refractivity contribution is 5.91. The molecule has 0 aromatic heterocycles. The Morgan fingerprint density at radius 1 is 0.893 bits per heavy atom. The van der Waals surface area contributed by atoms with Crippen LogP contribution in [0.3, 0.4) is 0 Å². The van der Waals surface area contributed by atoms with E-state index >= 15 is 0 Å². The monoisotopic (exact) mass is 374 g/mol. The number of carboxylic acid groups (broad SMARTS) is 1. The Bertz CT molecular complexity index is 991. The average Bonchev–Trinajstić information content (AvgIpc) is 2.67. The van der Waals surface area contributed by atoms with Gasteiger partial charge in [-0.2, -0.15) is 0 Å². The van der Waals surface area contributed by atoms with E-state index in [0.717, 1.165) is 12.0 Å². The number of phenols is 1. The van der Waals surface area contributed by atoms with Gasteiger partial charge >= 0.3 is 5.97 Å². The van der Waals surface area contributed by atoms with Crippen molar-refractivity contribution in [2.45, 2.75) is 39.0 Å². The molecule has 0 saturated heterocycles. The van der Waals surface area contributed by atoms with Gasteiger partial charge in [-0.15, -0.1) is 0 Å². The van der Waals surface area contributed by atoms with Gasteiger partial charge in [-0.1, -0.05) is 61.5 Å². The maximum Gasteiger partial charge on any atom is 0.339 e. The molecule has 28 heavy (non-hydrogen) atoms. The molecule has 0 aliphatic heterocycles. The number of aromatic carboxylic acids is 1. The summed E-state index contributed by atoms with van der Waals surface area (Å²) in [6.45, 7) is 6.42. The molecular formula is C25H26O3. The molecule has 3 aromatic rings. The van der Waals surface area contributed by atoms with Crippen LogP contribution in [0.5, 0.6) is 5.75 Å². The molecule has 0 fully saturated rings. The summed E-state index contributed by atoms with van der Waals surface area (Å²) in [6.07, 6.45) is 0.847. The van der Waals surface area contributed by atoms with Crippen molar-refractivity contribution in [1.29, 1.82) is 0 Å². The smallest absolute Gasteiger partial charge is 0.339 e. The van der Waals surface area contributed by atoms with Crippen molar-refractivity contribution in [3.05, 3.63) is 100 Å². The first-order chi connectivity index (χ1) is 13.4. The maximum absolute atomic E-state index is 11.5. The van der Waals surface area contributed by atoms with Crippen molar-refractivity contribution >= 4 is 5.97 Å². The van der Waals surface area contributed by atoms with Crippen LogP contribution in [-0.4, -0.2) is 16.2 Å². The van der Waals surface area contributed by atoms with Crippen LogP contribution in [0.25, 0.3) is 0 Å². The molecular weight excluding hydrogens is 348 g/mol. The summed E-state index contributed by atoms with van der Waals surface area (Å²) in [4.78, 5) is 11.5. The van der Waals surface area contributed by atoms with Crippen molar-refractivity contribution < 1.29 is 15.0 Å². The zero-order chi connectivity index (χ0) is 20.3. The van der Waals surface area contributed by atoms with Gasteiger partial charge in [0.25, 0.3) is 0 Å². The molecule has 0 saturated carbocycles. The van der Waals surface area contributed by atoms with Crippen molar-refractivity contribution in [3.63, 3.8) is 0 Å². The van der Waals surface area contributed by atoms with Crippen LogP contribution < -0.4 is 0 Å². The fourth-order valence-electron chi connectivity index (χ4n) is 3.98.